The standard InChI is InChI=1S/C22H32N4O8S2/c1-5-7-33-21(29)18-19(12(3)17-16(13(4)27)20(28)26(17)18)35-15-9-14(10-24-36(23,31)32)25(11-15)22(30)34-8-6-2/h5-6,12-17,24,27H,1-2,7-11H2,3-4H3,(H2,23,31,32)/t12-,13-,14+,15+,16?,17?/m1/s1. The van der Waals surface area contributed by atoms with Crippen LogP contribution in [0.5, 0.6) is 0 Å². The molecule has 4 N–H and O–H groups in total. The van der Waals surface area contributed by atoms with Gasteiger partial charge >= 0.3 is 12.1 Å². The van der Waals surface area contributed by atoms with Gasteiger partial charge in [0.25, 0.3) is 10.2 Å². The minimum atomic E-state index is -3.98. The molecule has 200 valence electrons. The summed E-state index contributed by atoms with van der Waals surface area (Å²) in [5, 5.41) is 15.0. The molecule has 36 heavy (non-hydrogen) atoms. The summed E-state index contributed by atoms with van der Waals surface area (Å²) >= 11 is 1.34. The van der Waals surface area contributed by atoms with Crippen molar-refractivity contribution in [1.29, 1.82) is 0 Å². The van der Waals surface area contributed by atoms with E-state index < -0.39 is 40.3 Å². The van der Waals surface area contributed by atoms with Crippen molar-refractivity contribution in [3.63, 3.8) is 0 Å². The van der Waals surface area contributed by atoms with E-state index in [1.54, 1.807) is 6.92 Å². The fourth-order valence-electron chi connectivity index (χ4n) is 4.85. The fraction of sp³-hybridized carbons (Fsp3) is 0.591. The number of nitrogens with zero attached hydrogens (tertiary/aromatic N) is 2. The van der Waals surface area contributed by atoms with E-state index >= 15 is 0 Å². The molecule has 3 rings (SSSR count). The molecule has 3 heterocycles. The highest BCUT2D eigenvalue weighted by Crippen LogP contribution is 2.52. The second-order valence-corrected chi connectivity index (χ2v) is 11.6. The molecule has 2 saturated heterocycles. The Kier molecular flexibility index (Phi) is 8.88. The minimum Gasteiger partial charge on any atom is -0.457 e. The Balaban J connectivity index is 1.86. The second kappa shape index (κ2) is 11.3. The number of rotatable bonds is 11. The van der Waals surface area contributed by atoms with E-state index in [9.17, 15) is 27.9 Å². The summed E-state index contributed by atoms with van der Waals surface area (Å²) in [7, 11) is -3.98. The molecule has 2 fully saturated rings. The Morgan fingerprint density at radius 3 is 2.53 bits per heavy atom. The highest BCUT2D eigenvalue weighted by molar-refractivity contribution is 8.03. The normalized spacial score (nSPS) is 28.4. The number of nitrogens with one attached hydrogen (secondary N) is 1. The lowest BCUT2D eigenvalue weighted by atomic mass is 9.79. The first-order chi connectivity index (χ1) is 16.9. The van der Waals surface area contributed by atoms with E-state index in [4.69, 9.17) is 14.6 Å². The van der Waals surface area contributed by atoms with Crippen molar-refractivity contribution in [2.45, 2.75) is 43.7 Å². The molecule has 0 saturated carbocycles. The van der Waals surface area contributed by atoms with Gasteiger partial charge in [0.15, 0.2) is 0 Å². The molecule has 0 aromatic rings. The topological polar surface area (TPSA) is 169 Å². The Morgan fingerprint density at radius 1 is 1.31 bits per heavy atom. The molecular weight excluding hydrogens is 512 g/mol. The van der Waals surface area contributed by atoms with Gasteiger partial charge in [-0.05, 0) is 13.3 Å². The van der Waals surface area contributed by atoms with Crippen LogP contribution in [0.1, 0.15) is 20.3 Å². The average Bonchev–Trinajstić information content (AvgIpc) is 3.31. The Hall–Kier alpha value is -2.39. The maximum Gasteiger partial charge on any atom is 0.410 e. The zero-order valence-corrected chi connectivity index (χ0v) is 21.8. The van der Waals surface area contributed by atoms with E-state index in [0.717, 1.165) is 0 Å². The summed E-state index contributed by atoms with van der Waals surface area (Å²) in [5.41, 5.74) is 0.133. The number of carbonyl (C=O) groups excluding carboxylic acids is 3. The van der Waals surface area contributed by atoms with Crippen molar-refractivity contribution < 1.29 is 37.4 Å². The van der Waals surface area contributed by atoms with Crippen LogP contribution in [-0.2, 0) is 29.3 Å². The molecule has 0 radical (unpaired) electrons. The average molecular weight is 545 g/mol. The highest BCUT2D eigenvalue weighted by atomic mass is 32.2. The van der Waals surface area contributed by atoms with Gasteiger partial charge < -0.3 is 24.4 Å². The number of aliphatic hydroxyl groups excluding tert-OH is 1. The number of nitrogens with two attached hydrogens (primary N) is 1. The van der Waals surface area contributed by atoms with Crippen LogP contribution < -0.4 is 9.86 Å². The summed E-state index contributed by atoms with van der Waals surface area (Å²) in [6.45, 7) is 10.5. The minimum absolute atomic E-state index is 0.0105. The molecule has 0 spiro atoms. The number of aliphatic hydroxyl groups is 1. The van der Waals surface area contributed by atoms with Gasteiger partial charge in [-0.25, -0.2) is 19.5 Å². The third-order valence-corrected chi connectivity index (χ3v) is 8.45. The number of ether oxygens (including phenoxy) is 2. The van der Waals surface area contributed by atoms with E-state index in [0.29, 0.717) is 11.3 Å². The van der Waals surface area contributed by atoms with E-state index in [2.05, 4.69) is 17.9 Å². The number of carbonyl (C=O) groups is 3. The Morgan fingerprint density at radius 2 is 1.94 bits per heavy atom. The molecule has 0 aromatic heterocycles. The summed E-state index contributed by atoms with van der Waals surface area (Å²) in [6, 6.07) is -0.934. The number of hydrogen-bond acceptors (Lipinski definition) is 9. The van der Waals surface area contributed by atoms with Crippen LogP contribution in [0.25, 0.3) is 0 Å². The third kappa shape index (κ3) is 5.78. The van der Waals surface area contributed by atoms with Crippen LogP contribution in [0.3, 0.4) is 0 Å². The zero-order chi connectivity index (χ0) is 26.8. The number of likely N-dealkylation sites (tertiary alicyclic amines) is 1. The molecular formula is C22H32N4O8S2. The van der Waals surface area contributed by atoms with Gasteiger partial charge in [-0.1, -0.05) is 32.2 Å². The number of amides is 2. The van der Waals surface area contributed by atoms with E-state index in [1.807, 2.05) is 6.92 Å². The first-order valence-electron chi connectivity index (χ1n) is 11.4. The zero-order valence-electron chi connectivity index (χ0n) is 20.2. The molecule has 0 aromatic carbocycles. The molecule has 2 amide bonds. The van der Waals surface area contributed by atoms with Crippen LogP contribution in [0.2, 0.25) is 0 Å². The number of thioether (sulfide) groups is 1. The monoisotopic (exact) mass is 544 g/mol. The molecule has 6 atom stereocenters. The van der Waals surface area contributed by atoms with E-state index in [-0.39, 0.29) is 55.1 Å². The molecule has 2 unspecified atom stereocenters. The van der Waals surface area contributed by atoms with Gasteiger partial charge in [0.05, 0.1) is 18.1 Å². The largest absolute Gasteiger partial charge is 0.457 e. The van der Waals surface area contributed by atoms with Crippen molar-refractivity contribution in [3.8, 4) is 0 Å². The lowest BCUT2D eigenvalue weighted by molar-refractivity contribution is -0.164. The van der Waals surface area contributed by atoms with Gasteiger partial charge in [0.2, 0.25) is 5.91 Å². The quantitative estimate of drug-likeness (QED) is 0.185. The number of fused-ring (bicyclic) bond motifs is 1. The summed E-state index contributed by atoms with van der Waals surface area (Å²) < 4.78 is 35.5. The maximum absolute atomic E-state index is 12.9. The van der Waals surface area contributed by atoms with Crippen LogP contribution >= 0.6 is 11.8 Å². The first-order valence-corrected chi connectivity index (χ1v) is 13.9. The van der Waals surface area contributed by atoms with Gasteiger partial charge in [-0.15, -0.1) is 11.8 Å². The highest BCUT2D eigenvalue weighted by Gasteiger charge is 2.60. The van der Waals surface area contributed by atoms with Gasteiger partial charge in [0, 0.05) is 35.2 Å². The number of hydrogen-bond donors (Lipinski definition) is 3. The van der Waals surface area contributed by atoms with Gasteiger partial charge in [-0.3, -0.25) is 4.79 Å². The van der Waals surface area contributed by atoms with Crippen molar-refractivity contribution in [2.75, 3.05) is 26.3 Å². The van der Waals surface area contributed by atoms with Crippen LogP contribution in [0.15, 0.2) is 35.9 Å². The number of esters is 1. The predicted octanol–water partition coefficient (Wildman–Crippen LogP) is 0.0765. The molecule has 3 aliphatic heterocycles. The molecule has 0 bridgehead atoms. The summed E-state index contributed by atoms with van der Waals surface area (Å²) in [5.74, 6) is -1.92. The molecule has 12 nitrogen and oxygen atoms in total. The smallest absolute Gasteiger partial charge is 0.410 e. The molecule has 0 aliphatic carbocycles. The predicted molar refractivity (Wildman–Crippen MR) is 132 cm³/mol. The van der Waals surface area contributed by atoms with Crippen molar-refractivity contribution in [2.24, 2.45) is 17.0 Å². The lowest BCUT2D eigenvalue weighted by Crippen LogP contribution is -2.63. The Bertz CT molecular complexity index is 1060. The SMILES string of the molecule is C=CCOC(=O)C1=C(S[C@H]2C[C@@H](CNS(N)(=O)=O)N(C(=O)OCC=C)C2)[C@H](C)C2C([C@@H](C)O)C(=O)N12. The second-order valence-electron chi connectivity index (χ2n) is 8.89. The van der Waals surface area contributed by atoms with Gasteiger partial charge in [0.1, 0.15) is 18.9 Å². The summed E-state index contributed by atoms with van der Waals surface area (Å²) in [6.07, 6.45) is 1.70. The lowest BCUT2D eigenvalue weighted by Gasteiger charge is -2.46. The Labute approximate surface area is 214 Å². The first kappa shape index (κ1) is 28.2. The third-order valence-electron chi connectivity index (χ3n) is 6.38. The summed E-state index contributed by atoms with van der Waals surface area (Å²) in [4.78, 5) is 41.8. The van der Waals surface area contributed by atoms with Crippen LogP contribution in [0.4, 0.5) is 4.79 Å². The van der Waals surface area contributed by atoms with Gasteiger partial charge in [-0.2, -0.15) is 8.42 Å². The van der Waals surface area contributed by atoms with Crippen molar-refractivity contribution >= 4 is 39.9 Å². The maximum atomic E-state index is 12.9. The molecule has 14 heteroatoms. The number of β-lactam (4-membered cyclic amide) rings is 1. The van der Waals surface area contributed by atoms with Crippen LogP contribution in [-0.4, -0.2) is 91.0 Å². The fourth-order valence-corrected chi connectivity index (χ4v) is 6.84. The van der Waals surface area contributed by atoms with Crippen molar-refractivity contribution in [3.05, 3.63) is 35.9 Å². The molecule has 3 aliphatic rings. The van der Waals surface area contributed by atoms with Crippen molar-refractivity contribution in [1.82, 2.24) is 14.5 Å². The van der Waals surface area contributed by atoms with Crippen LogP contribution in [0, 0.1) is 11.8 Å². The van der Waals surface area contributed by atoms with E-state index in [1.165, 1.54) is 33.7 Å².